The van der Waals surface area contributed by atoms with E-state index in [1.54, 1.807) is 6.92 Å². The van der Waals surface area contributed by atoms with Gasteiger partial charge in [-0.3, -0.25) is 9.48 Å². The fourth-order valence-corrected chi connectivity index (χ4v) is 2.36. The summed E-state index contributed by atoms with van der Waals surface area (Å²) >= 11 is 0.866. The van der Waals surface area contributed by atoms with Crippen LogP contribution in [0.2, 0.25) is 0 Å². The van der Waals surface area contributed by atoms with Gasteiger partial charge < -0.3 is 15.3 Å². The lowest BCUT2D eigenvalue weighted by Crippen LogP contribution is -2.24. The van der Waals surface area contributed by atoms with Crippen LogP contribution >= 0.6 is 11.8 Å². The average molecular weight is 288 g/mol. The minimum absolute atomic E-state index is 0.0100. The van der Waals surface area contributed by atoms with Crippen LogP contribution in [0.5, 0.6) is 0 Å². The van der Waals surface area contributed by atoms with Crippen LogP contribution in [0.1, 0.15) is 34.8 Å². The van der Waals surface area contributed by atoms with Crippen LogP contribution in [-0.4, -0.2) is 48.0 Å². The number of carbonyl (C=O) groups is 2. The van der Waals surface area contributed by atoms with Gasteiger partial charge in [0.25, 0.3) is 0 Å². The number of hydrogen-bond donors (Lipinski definition) is 3. The van der Waals surface area contributed by atoms with Crippen LogP contribution < -0.4 is 0 Å². The van der Waals surface area contributed by atoms with Gasteiger partial charge in [-0.15, -0.1) is 0 Å². The molecule has 1 heterocycles. The monoisotopic (exact) mass is 288 g/mol. The highest BCUT2D eigenvalue weighted by molar-refractivity contribution is 8.13. The Bertz CT molecular complexity index is 500. The number of rotatable bonds is 5. The van der Waals surface area contributed by atoms with E-state index in [1.807, 2.05) is 0 Å². The number of hydrogen-bond acceptors (Lipinski definition) is 6. The highest BCUT2D eigenvalue weighted by atomic mass is 32.2. The van der Waals surface area contributed by atoms with Gasteiger partial charge in [0.1, 0.15) is 6.10 Å². The zero-order valence-corrected chi connectivity index (χ0v) is 11.6. The Labute approximate surface area is 114 Å². The molecule has 0 aliphatic heterocycles. The highest BCUT2D eigenvalue weighted by Crippen LogP contribution is 2.26. The van der Waals surface area contributed by atoms with Gasteiger partial charge in [0.15, 0.2) is 10.8 Å². The lowest BCUT2D eigenvalue weighted by atomic mass is 10.0. The van der Waals surface area contributed by atoms with Crippen molar-refractivity contribution < 1.29 is 24.9 Å². The molecule has 0 aromatic carbocycles. The van der Waals surface area contributed by atoms with E-state index in [1.165, 1.54) is 14.0 Å². The fourth-order valence-electron chi connectivity index (χ4n) is 1.77. The van der Waals surface area contributed by atoms with Crippen molar-refractivity contribution in [3.63, 3.8) is 0 Å². The van der Waals surface area contributed by atoms with Crippen LogP contribution in [0.3, 0.4) is 0 Å². The molecule has 0 bridgehead atoms. The number of aliphatic hydroxyl groups is 2. The van der Waals surface area contributed by atoms with E-state index in [9.17, 15) is 19.8 Å². The first-order valence-corrected chi connectivity index (χ1v) is 6.50. The van der Waals surface area contributed by atoms with Crippen molar-refractivity contribution in [1.82, 2.24) is 9.78 Å². The molecule has 1 aromatic heterocycles. The third-order valence-electron chi connectivity index (χ3n) is 2.59. The fraction of sp³-hybridized carbons (Fsp3) is 0.545. The van der Waals surface area contributed by atoms with Gasteiger partial charge in [0.05, 0.1) is 11.8 Å². The summed E-state index contributed by atoms with van der Waals surface area (Å²) < 4.78 is 1.14. The first kappa shape index (κ1) is 15.7. The Kier molecular flexibility index (Phi) is 5.10. The summed E-state index contributed by atoms with van der Waals surface area (Å²) in [7, 11) is 1.45. The summed E-state index contributed by atoms with van der Waals surface area (Å²) in [6.07, 6.45) is -2.64. The molecule has 0 amide bonds. The Morgan fingerprint density at radius 1 is 1.42 bits per heavy atom. The van der Waals surface area contributed by atoms with Crippen LogP contribution in [0.25, 0.3) is 0 Å². The van der Waals surface area contributed by atoms with Crippen molar-refractivity contribution in [3.8, 4) is 0 Å². The quantitative estimate of drug-likeness (QED) is 0.704. The van der Waals surface area contributed by atoms with Crippen molar-refractivity contribution in [2.75, 3.05) is 5.75 Å². The van der Waals surface area contributed by atoms with Crippen molar-refractivity contribution in [3.05, 3.63) is 17.0 Å². The molecule has 0 aliphatic rings. The number of aliphatic hydroxyl groups excluding tert-OH is 2. The van der Waals surface area contributed by atoms with E-state index >= 15 is 0 Å². The van der Waals surface area contributed by atoms with Crippen LogP contribution in [0.15, 0.2) is 0 Å². The van der Waals surface area contributed by atoms with E-state index in [-0.39, 0.29) is 22.1 Å². The minimum Gasteiger partial charge on any atom is -0.477 e. The molecule has 2 atom stereocenters. The van der Waals surface area contributed by atoms with Gasteiger partial charge in [0, 0.05) is 25.3 Å². The van der Waals surface area contributed by atoms with Crippen molar-refractivity contribution in [1.29, 1.82) is 0 Å². The van der Waals surface area contributed by atoms with Crippen LogP contribution in [0.4, 0.5) is 0 Å². The number of nitrogens with zero attached hydrogens (tertiary/aromatic N) is 2. The number of aromatic nitrogens is 2. The van der Waals surface area contributed by atoms with Gasteiger partial charge in [-0.2, -0.15) is 5.10 Å². The molecule has 3 N–H and O–H groups in total. The number of thioether (sulfide) groups is 1. The SMILES string of the molecule is CC(=O)SCC(O)C(O)c1c(C)nn(C)c1C(=O)O. The van der Waals surface area contributed by atoms with Gasteiger partial charge in [-0.1, -0.05) is 11.8 Å². The molecule has 8 heteroatoms. The molecule has 0 spiro atoms. The smallest absolute Gasteiger partial charge is 0.354 e. The number of carbonyl (C=O) groups excluding carboxylic acids is 1. The number of carboxylic acid groups (broad SMARTS) is 1. The molecule has 19 heavy (non-hydrogen) atoms. The zero-order valence-electron chi connectivity index (χ0n) is 10.8. The van der Waals surface area contributed by atoms with E-state index in [4.69, 9.17) is 5.11 Å². The maximum absolute atomic E-state index is 11.1. The van der Waals surface area contributed by atoms with Crippen molar-refractivity contribution >= 4 is 22.8 Å². The third-order valence-corrected chi connectivity index (χ3v) is 3.50. The molecule has 2 unspecified atom stereocenters. The third kappa shape index (κ3) is 3.55. The molecule has 106 valence electrons. The second-order valence-corrected chi connectivity index (χ2v) is 5.29. The number of aryl methyl sites for hydroxylation is 2. The second-order valence-electron chi connectivity index (χ2n) is 4.09. The predicted molar refractivity (Wildman–Crippen MR) is 69.0 cm³/mol. The van der Waals surface area contributed by atoms with E-state index < -0.39 is 18.2 Å². The summed E-state index contributed by atoms with van der Waals surface area (Å²) in [6.45, 7) is 2.90. The largest absolute Gasteiger partial charge is 0.477 e. The normalized spacial score (nSPS) is 14.2. The van der Waals surface area contributed by atoms with Crippen LogP contribution in [-0.2, 0) is 11.8 Å². The molecule has 0 aliphatic carbocycles. The van der Waals surface area contributed by atoms with Gasteiger partial charge >= 0.3 is 5.97 Å². The van der Waals surface area contributed by atoms with Gasteiger partial charge in [-0.25, -0.2) is 4.79 Å². The lowest BCUT2D eigenvalue weighted by molar-refractivity contribution is -0.109. The first-order valence-electron chi connectivity index (χ1n) is 5.52. The van der Waals surface area contributed by atoms with Crippen LogP contribution in [0, 0.1) is 6.92 Å². The van der Waals surface area contributed by atoms with E-state index in [0.29, 0.717) is 5.69 Å². The van der Waals surface area contributed by atoms with E-state index in [0.717, 1.165) is 16.4 Å². The molecular weight excluding hydrogens is 272 g/mol. The second kappa shape index (κ2) is 6.18. The topological polar surface area (TPSA) is 113 Å². The summed E-state index contributed by atoms with van der Waals surface area (Å²) in [5.41, 5.74) is 0.239. The molecule has 1 rings (SSSR count). The van der Waals surface area contributed by atoms with Gasteiger partial charge in [0.2, 0.25) is 0 Å². The first-order chi connectivity index (χ1) is 8.75. The molecule has 7 nitrogen and oxygen atoms in total. The molecule has 0 fully saturated rings. The number of carboxylic acids is 1. The van der Waals surface area contributed by atoms with E-state index in [2.05, 4.69) is 5.10 Å². The summed E-state index contributed by atoms with van der Waals surface area (Å²) in [6, 6.07) is 0. The average Bonchev–Trinajstić information content (AvgIpc) is 2.59. The molecule has 0 radical (unpaired) electrons. The molecular formula is C11H16N2O5S. The Morgan fingerprint density at radius 2 is 2.00 bits per heavy atom. The Balaban J connectivity index is 3.01. The Hall–Kier alpha value is -1.38. The maximum atomic E-state index is 11.1. The maximum Gasteiger partial charge on any atom is 0.354 e. The number of aromatic carboxylic acids is 1. The molecule has 0 saturated heterocycles. The highest BCUT2D eigenvalue weighted by Gasteiger charge is 2.29. The standard InChI is InChI=1S/C11H16N2O5S/c1-5-8(9(11(17)18)13(3)12-5)10(16)7(15)4-19-6(2)14/h7,10,15-16H,4H2,1-3H3,(H,17,18). The van der Waals surface area contributed by atoms with Gasteiger partial charge in [-0.05, 0) is 6.92 Å². The summed E-state index contributed by atoms with van der Waals surface area (Å²) in [5.74, 6) is -1.24. The molecule has 0 saturated carbocycles. The van der Waals surface area contributed by atoms with Crippen molar-refractivity contribution in [2.24, 2.45) is 7.05 Å². The Morgan fingerprint density at radius 3 is 2.47 bits per heavy atom. The summed E-state index contributed by atoms with van der Waals surface area (Å²) in [4.78, 5) is 21.9. The zero-order chi connectivity index (χ0) is 14.7. The lowest BCUT2D eigenvalue weighted by Gasteiger charge is -2.17. The predicted octanol–water partition coefficient (Wildman–Crippen LogP) is 0.101. The minimum atomic E-state index is -1.40. The molecule has 1 aromatic rings. The summed E-state index contributed by atoms with van der Waals surface area (Å²) in [5, 5.41) is 32.7. The van der Waals surface area contributed by atoms with Crippen molar-refractivity contribution in [2.45, 2.75) is 26.1 Å².